The second kappa shape index (κ2) is 6.50. The molecule has 1 atom stereocenters. The summed E-state index contributed by atoms with van der Waals surface area (Å²) in [5.74, 6) is -1.73. The number of imide groups is 1. The zero-order valence-electron chi connectivity index (χ0n) is 13.2. The van der Waals surface area contributed by atoms with Crippen molar-refractivity contribution < 1.29 is 19.2 Å². The maximum atomic E-state index is 12.3. The van der Waals surface area contributed by atoms with Crippen LogP contribution in [0.3, 0.4) is 0 Å². The Balaban J connectivity index is 1.68. The van der Waals surface area contributed by atoms with Crippen molar-refractivity contribution in [2.24, 2.45) is 0 Å². The molecule has 1 aromatic carbocycles. The summed E-state index contributed by atoms with van der Waals surface area (Å²) in [5.41, 5.74) is 0.542. The highest BCUT2D eigenvalue weighted by atomic mass is 16.7. The molecular formula is C17H20N2O4. The van der Waals surface area contributed by atoms with E-state index in [1.807, 2.05) is 4.90 Å². The summed E-state index contributed by atoms with van der Waals surface area (Å²) in [4.78, 5) is 43.9. The van der Waals surface area contributed by atoms with Gasteiger partial charge in [0.25, 0.3) is 11.8 Å². The maximum absolute atomic E-state index is 12.3. The van der Waals surface area contributed by atoms with E-state index in [1.165, 1.54) is 0 Å². The fraction of sp³-hybridized carbons (Fsp3) is 0.471. The summed E-state index contributed by atoms with van der Waals surface area (Å²) in [6.45, 7) is 3.42. The number of amides is 2. The summed E-state index contributed by atoms with van der Waals surface area (Å²) in [5, 5.41) is 0.585. The summed E-state index contributed by atoms with van der Waals surface area (Å²) >= 11 is 0. The molecule has 0 aromatic heterocycles. The number of carbonyl (C=O) groups excluding carboxylic acids is 3. The number of likely N-dealkylation sites (tertiary alicyclic amines) is 1. The highest BCUT2D eigenvalue weighted by Crippen LogP contribution is 2.23. The summed E-state index contributed by atoms with van der Waals surface area (Å²) in [7, 11) is 0. The zero-order chi connectivity index (χ0) is 16.4. The summed E-state index contributed by atoms with van der Waals surface area (Å²) < 4.78 is 0. The Kier molecular flexibility index (Phi) is 4.43. The van der Waals surface area contributed by atoms with Crippen molar-refractivity contribution in [3.8, 4) is 0 Å². The number of fused-ring (bicyclic) bond motifs is 1. The maximum Gasteiger partial charge on any atom is 0.349 e. The molecule has 122 valence electrons. The van der Waals surface area contributed by atoms with E-state index in [0.717, 1.165) is 38.8 Å². The second-order valence-electron chi connectivity index (χ2n) is 5.99. The monoisotopic (exact) mass is 316 g/mol. The molecule has 1 unspecified atom stereocenters. The average molecular weight is 316 g/mol. The topological polar surface area (TPSA) is 66.9 Å². The van der Waals surface area contributed by atoms with Gasteiger partial charge in [0.1, 0.15) is 6.04 Å². The smallest absolute Gasteiger partial charge is 0.328 e. The van der Waals surface area contributed by atoms with Gasteiger partial charge in [0, 0.05) is 0 Å². The standard InChI is InChI=1S/C17H20N2O4/c1-12(18-10-6-2-3-7-11-18)17(22)23-19-15(20)13-8-4-5-9-14(13)16(19)21/h4-5,8-9,12H,2-3,6-7,10-11H2,1H3. The molecule has 2 aliphatic rings. The number of carbonyl (C=O) groups is 3. The lowest BCUT2D eigenvalue weighted by atomic mass is 10.1. The van der Waals surface area contributed by atoms with Crippen molar-refractivity contribution in [1.29, 1.82) is 0 Å². The third-order valence-corrected chi connectivity index (χ3v) is 4.47. The van der Waals surface area contributed by atoms with E-state index in [9.17, 15) is 14.4 Å². The molecule has 2 heterocycles. The van der Waals surface area contributed by atoms with Crippen LogP contribution in [-0.4, -0.2) is 46.9 Å². The molecule has 0 spiro atoms. The van der Waals surface area contributed by atoms with Crippen molar-refractivity contribution >= 4 is 17.8 Å². The van der Waals surface area contributed by atoms with Crippen LogP contribution in [0.15, 0.2) is 24.3 Å². The Labute approximate surface area is 135 Å². The molecule has 0 radical (unpaired) electrons. The SMILES string of the molecule is CC(C(=O)ON1C(=O)c2ccccc2C1=O)N1CCCCCC1. The molecule has 1 aromatic rings. The molecule has 2 aliphatic heterocycles. The Morgan fingerprint density at radius 3 is 2.04 bits per heavy atom. The zero-order valence-corrected chi connectivity index (χ0v) is 13.2. The number of hydroxylamine groups is 2. The first-order chi connectivity index (χ1) is 11.1. The van der Waals surface area contributed by atoms with Gasteiger partial charge in [-0.3, -0.25) is 14.5 Å². The number of hydrogen-bond acceptors (Lipinski definition) is 5. The van der Waals surface area contributed by atoms with Gasteiger partial charge in [0.2, 0.25) is 0 Å². The third-order valence-electron chi connectivity index (χ3n) is 4.47. The number of benzene rings is 1. The van der Waals surface area contributed by atoms with Crippen LogP contribution in [0.25, 0.3) is 0 Å². The Morgan fingerprint density at radius 2 is 1.52 bits per heavy atom. The van der Waals surface area contributed by atoms with E-state index < -0.39 is 23.8 Å². The minimum absolute atomic E-state index is 0.271. The molecule has 6 nitrogen and oxygen atoms in total. The minimum Gasteiger partial charge on any atom is -0.328 e. The van der Waals surface area contributed by atoms with Crippen LogP contribution in [0.5, 0.6) is 0 Å². The second-order valence-corrected chi connectivity index (χ2v) is 5.99. The van der Waals surface area contributed by atoms with Gasteiger partial charge in [-0.05, 0) is 45.0 Å². The van der Waals surface area contributed by atoms with Gasteiger partial charge in [-0.2, -0.15) is 0 Å². The predicted molar refractivity (Wildman–Crippen MR) is 82.5 cm³/mol. The lowest BCUT2D eigenvalue weighted by Gasteiger charge is -2.26. The van der Waals surface area contributed by atoms with Crippen LogP contribution in [0.1, 0.15) is 53.3 Å². The molecule has 2 amide bonds. The first-order valence-electron chi connectivity index (χ1n) is 8.03. The molecule has 1 fully saturated rings. The van der Waals surface area contributed by atoms with Crippen molar-refractivity contribution in [2.45, 2.75) is 38.6 Å². The van der Waals surface area contributed by atoms with Gasteiger partial charge >= 0.3 is 5.97 Å². The van der Waals surface area contributed by atoms with Gasteiger partial charge in [-0.15, -0.1) is 0 Å². The molecule has 1 saturated heterocycles. The van der Waals surface area contributed by atoms with Crippen LogP contribution >= 0.6 is 0 Å². The van der Waals surface area contributed by atoms with E-state index in [0.29, 0.717) is 5.06 Å². The summed E-state index contributed by atoms with van der Waals surface area (Å²) in [6, 6.07) is 5.99. The molecule has 0 saturated carbocycles. The van der Waals surface area contributed by atoms with E-state index in [-0.39, 0.29) is 11.1 Å². The normalized spacial score (nSPS) is 20.1. The Morgan fingerprint density at radius 1 is 1.00 bits per heavy atom. The number of rotatable bonds is 3. The van der Waals surface area contributed by atoms with Crippen LogP contribution < -0.4 is 0 Å². The fourth-order valence-corrected chi connectivity index (χ4v) is 3.05. The van der Waals surface area contributed by atoms with Crippen molar-refractivity contribution in [3.05, 3.63) is 35.4 Å². The molecule has 23 heavy (non-hydrogen) atoms. The third kappa shape index (κ3) is 2.99. The average Bonchev–Trinajstić information content (AvgIpc) is 2.79. The first kappa shape index (κ1) is 15.7. The van der Waals surface area contributed by atoms with E-state index in [4.69, 9.17) is 4.84 Å². The van der Waals surface area contributed by atoms with E-state index >= 15 is 0 Å². The van der Waals surface area contributed by atoms with Crippen molar-refractivity contribution in [2.75, 3.05) is 13.1 Å². The molecule has 6 heteroatoms. The Hall–Kier alpha value is -2.21. The van der Waals surface area contributed by atoms with Crippen molar-refractivity contribution in [1.82, 2.24) is 9.96 Å². The predicted octanol–water partition coefficient (Wildman–Crippen LogP) is 2.01. The van der Waals surface area contributed by atoms with Crippen LogP contribution in [0.2, 0.25) is 0 Å². The van der Waals surface area contributed by atoms with E-state index in [2.05, 4.69) is 0 Å². The highest BCUT2D eigenvalue weighted by Gasteiger charge is 2.39. The van der Waals surface area contributed by atoms with Crippen LogP contribution in [0.4, 0.5) is 0 Å². The summed E-state index contributed by atoms with van der Waals surface area (Å²) in [6.07, 6.45) is 4.42. The van der Waals surface area contributed by atoms with Crippen LogP contribution in [0, 0.1) is 0 Å². The van der Waals surface area contributed by atoms with E-state index in [1.54, 1.807) is 31.2 Å². The largest absolute Gasteiger partial charge is 0.349 e. The molecule has 0 aliphatic carbocycles. The molecule has 3 rings (SSSR count). The Bertz CT molecular complexity index is 600. The van der Waals surface area contributed by atoms with Gasteiger partial charge < -0.3 is 4.84 Å². The number of hydrogen-bond donors (Lipinski definition) is 0. The highest BCUT2D eigenvalue weighted by molar-refractivity contribution is 6.20. The van der Waals surface area contributed by atoms with Crippen molar-refractivity contribution in [3.63, 3.8) is 0 Å². The van der Waals surface area contributed by atoms with Gasteiger partial charge in [-0.1, -0.05) is 30.0 Å². The molecular weight excluding hydrogens is 296 g/mol. The first-order valence-corrected chi connectivity index (χ1v) is 8.03. The quantitative estimate of drug-likeness (QED) is 0.798. The van der Waals surface area contributed by atoms with Gasteiger partial charge in [0.05, 0.1) is 11.1 Å². The van der Waals surface area contributed by atoms with Crippen LogP contribution in [-0.2, 0) is 9.63 Å². The number of nitrogens with zero attached hydrogens (tertiary/aromatic N) is 2. The molecule has 0 N–H and O–H groups in total. The molecule has 0 bridgehead atoms. The van der Waals surface area contributed by atoms with Gasteiger partial charge in [0.15, 0.2) is 0 Å². The van der Waals surface area contributed by atoms with Gasteiger partial charge in [-0.25, -0.2) is 4.79 Å². The lowest BCUT2D eigenvalue weighted by Crippen LogP contribution is -2.44. The fourth-order valence-electron chi connectivity index (χ4n) is 3.05. The minimum atomic E-state index is -0.581. The lowest BCUT2D eigenvalue weighted by molar-refractivity contribution is -0.174.